The minimum Gasteiger partial charge on any atom is -0.194 e. The molecule has 0 saturated heterocycles. The van der Waals surface area contributed by atoms with Crippen molar-refractivity contribution in [3.63, 3.8) is 0 Å². The van der Waals surface area contributed by atoms with Crippen molar-refractivity contribution in [1.29, 1.82) is 0 Å². The molecule has 0 aliphatic rings. The molecule has 0 aromatic rings. The van der Waals surface area contributed by atoms with Crippen LogP contribution in [0.25, 0.3) is 0 Å². The second-order valence-corrected chi connectivity index (χ2v) is 5.29. The summed E-state index contributed by atoms with van der Waals surface area (Å²) in [4.78, 5) is 0. The van der Waals surface area contributed by atoms with Crippen LogP contribution >= 0.6 is 21.8 Å². The molecule has 0 amide bonds. The Hall–Kier alpha value is 0.510. The largest absolute Gasteiger partial charge is 0.291 e. The Labute approximate surface area is 82.7 Å². The number of hydrogen-bond acceptors (Lipinski definition) is 3. The van der Waals surface area contributed by atoms with Gasteiger partial charge in [0, 0.05) is 31.3 Å². The summed E-state index contributed by atoms with van der Waals surface area (Å²) in [6, 6.07) is 0. The number of hydrogen-bond donors (Lipinski definition) is 0. The fourth-order valence-electron chi connectivity index (χ4n) is 0.566. The third-order valence-corrected chi connectivity index (χ3v) is 5.20. The summed E-state index contributed by atoms with van der Waals surface area (Å²) in [7, 11) is 3.56. The van der Waals surface area contributed by atoms with Crippen LogP contribution in [0.4, 0.5) is 0 Å². The lowest BCUT2D eigenvalue weighted by Crippen LogP contribution is -2.37. The lowest BCUT2D eigenvalue weighted by atomic mass is 10.8. The molecule has 0 spiro atoms. The summed E-state index contributed by atoms with van der Waals surface area (Å²) in [5, 5.41) is 0. The molecule has 0 fully saturated rings. The Balaban J connectivity index is 4.58. The van der Waals surface area contributed by atoms with Crippen LogP contribution in [-0.4, -0.2) is 36.6 Å². The van der Waals surface area contributed by atoms with Crippen molar-refractivity contribution in [2.45, 2.75) is 13.8 Å². The molecule has 0 heterocycles. The van der Waals surface area contributed by atoms with Gasteiger partial charge in [-0.05, 0) is 10.7 Å². The quantitative estimate of drug-likeness (QED) is 0.671. The predicted octanol–water partition coefficient (Wildman–Crippen LogP) is 1.31. The van der Waals surface area contributed by atoms with Crippen molar-refractivity contribution in [1.82, 2.24) is 8.02 Å². The van der Waals surface area contributed by atoms with Crippen LogP contribution in [0.5, 0.6) is 0 Å². The average Bonchev–Trinajstić information content (AvgIpc) is 2.04. The SMILES string of the molecule is CCN(C)S(=O)(=O)N(CC)SCl. The summed E-state index contributed by atoms with van der Waals surface area (Å²) in [6.45, 7) is 4.30. The maximum Gasteiger partial charge on any atom is 0.291 e. The van der Waals surface area contributed by atoms with Gasteiger partial charge in [0.2, 0.25) is 0 Å². The van der Waals surface area contributed by atoms with Gasteiger partial charge in [-0.3, -0.25) is 0 Å². The van der Waals surface area contributed by atoms with Crippen molar-refractivity contribution >= 4 is 32.1 Å². The molecule has 12 heavy (non-hydrogen) atoms. The Bertz CT molecular complexity index is 215. The minimum atomic E-state index is -3.35. The van der Waals surface area contributed by atoms with Crippen molar-refractivity contribution in [3.05, 3.63) is 0 Å². The van der Waals surface area contributed by atoms with E-state index in [1.807, 2.05) is 0 Å². The number of nitrogens with zero attached hydrogens (tertiary/aromatic N) is 2. The molecule has 0 aromatic heterocycles. The van der Waals surface area contributed by atoms with E-state index in [4.69, 9.17) is 10.7 Å². The zero-order valence-corrected chi connectivity index (χ0v) is 9.71. The molecule has 7 heteroatoms. The molecule has 0 bridgehead atoms. The highest BCUT2D eigenvalue weighted by molar-refractivity contribution is 8.24. The molecule has 0 radical (unpaired) electrons. The van der Waals surface area contributed by atoms with Crippen LogP contribution in [0.15, 0.2) is 0 Å². The average molecular weight is 233 g/mol. The molecule has 74 valence electrons. The molecular weight excluding hydrogens is 220 g/mol. The van der Waals surface area contributed by atoms with E-state index in [1.54, 1.807) is 13.8 Å². The summed E-state index contributed by atoms with van der Waals surface area (Å²) in [5.41, 5.74) is 0. The molecular formula is C5H13ClN2O2S2. The molecule has 4 nitrogen and oxygen atoms in total. The van der Waals surface area contributed by atoms with Gasteiger partial charge in [0.1, 0.15) is 0 Å². The van der Waals surface area contributed by atoms with E-state index in [0.717, 1.165) is 3.71 Å². The minimum absolute atomic E-state index is 0.362. The van der Waals surface area contributed by atoms with Crippen molar-refractivity contribution in [2.24, 2.45) is 0 Å². The van der Waals surface area contributed by atoms with Crippen LogP contribution in [0.2, 0.25) is 0 Å². The Kier molecular flexibility index (Phi) is 5.51. The van der Waals surface area contributed by atoms with E-state index in [9.17, 15) is 8.42 Å². The third-order valence-electron chi connectivity index (χ3n) is 1.43. The van der Waals surface area contributed by atoms with Gasteiger partial charge in [-0.1, -0.05) is 13.8 Å². The van der Waals surface area contributed by atoms with E-state index in [0.29, 0.717) is 24.3 Å². The zero-order valence-electron chi connectivity index (χ0n) is 7.32. The van der Waals surface area contributed by atoms with Crippen LogP contribution in [0.1, 0.15) is 13.8 Å². The summed E-state index contributed by atoms with van der Waals surface area (Å²) in [5.74, 6) is 0. The second kappa shape index (κ2) is 5.29. The molecule has 0 unspecified atom stereocenters. The van der Waals surface area contributed by atoms with Gasteiger partial charge < -0.3 is 0 Å². The Morgan fingerprint density at radius 1 is 1.33 bits per heavy atom. The normalized spacial score (nSPS) is 12.8. The Morgan fingerprint density at radius 3 is 2.08 bits per heavy atom. The van der Waals surface area contributed by atoms with Gasteiger partial charge in [0.05, 0.1) is 0 Å². The van der Waals surface area contributed by atoms with Gasteiger partial charge >= 0.3 is 0 Å². The van der Waals surface area contributed by atoms with Crippen molar-refractivity contribution in [3.8, 4) is 0 Å². The molecule has 0 aliphatic carbocycles. The molecule has 0 rings (SSSR count). The van der Waals surface area contributed by atoms with Gasteiger partial charge in [-0.25, -0.2) is 0 Å². The highest BCUT2D eigenvalue weighted by Crippen LogP contribution is 2.20. The number of rotatable bonds is 5. The lowest BCUT2D eigenvalue weighted by Gasteiger charge is -2.21. The van der Waals surface area contributed by atoms with E-state index in [-0.39, 0.29) is 0 Å². The predicted molar refractivity (Wildman–Crippen MR) is 53.0 cm³/mol. The van der Waals surface area contributed by atoms with E-state index >= 15 is 0 Å². The summed E-state index contributed by atoms with van der Waals surface area (Å²) < 4.78 is 25.3. The van der Waals surface area contributed by atoms with E-state index in [2.05, 4.69) is 0 Å². The van der Waals surface area contributed by atoms with Gasteiger partial charge in [-0.2, -0.15) is 12.7 Å². The summed E-state index contributed by atoms with van der Waals surface area (Å²) >= 11 is 0.696. The van der Waals surface area contributed by atoms with Crippen LogP contribution in [-0.2, 0) is 10.2 Å². The standard InChI is InChI=1S/C5H13ClN2O2S2/c1-4-7(3)12(9,10)8(5-2)11-6/h4-5H2,1-3H3. The van der Waals surface area contributed by atoms with Gasteiger partial charge in [0.15, 0.2) is 0 Å². The smallest absolute Gasteiger partial charge is 0.194 e. The monoisotopic (exact) mass is 232 g/mol. The fraction of sp³-hybridized carbons (Fsp3) is 1.00. The maximum atomic E-state index is 11.5. The lowest BCUT2D eigenvalue weighted by molar-refractivity contribution is 0.449. The fourth-order valence-corrected chi connectivity index (χ4v) is 3.19. The van der Waals surface area contributed by atoms with Crippen molar-refractivity contribution in [2.75, 3.05) is 20.1 Å². The number of halogens is 1. The first kappa shape index (κ1) is 12.5. The van der Waals surface area contributed by atoms with Crippen molar-refractivity contribution < 1.29 is 8.42 Å². The second-order valence-electron chi connectivity index (χ2n) is 2.11. The van der Waals surface area contributed by atoms with Crippen LogP contribution in [0, 0.1) is 0 Å². The summed E-state index contributed by atoms with van der Waals surface area (Å²) in [6.07, 6.45) is 0. The van der Waals surface area contributed by atoms with Crippen LogP contribution < -0.4 is 0 Å². The van der Waals surface area contributed by atoms with Crippen LogP contribution in [0.3, 0.4) is 0 Å². The first-order valence-electron chi connectivity index (χ1n) is 3.53. The molecule has 0 aromatic carbocycles. The Morgan fingerprint density at radius 2 is 1.83 bits per heavy atom. The first-order chi connectivity index (χ1) is 5.50. The van der Waals surface area contributed by atoms with Gasteiger partial charge in [-0.15, -0.1) is 3.71 Å². The first-order valence-corrected chi connectivity index (χ1v) is 6.53. The molecule has 0 N–H and O–H groups in total. The molecule has 0 atom stereocenters. The molecule has 0 saturated carbocycles. The maximum absolute atomic E-state index is 11.5. The van der Waals surface area contributed by atoms with Gasteiger partial charge in [0.25, 0.3) is 10.2 Å². The highest BCUT2D eigenvalue weighted by Gasteiger charge is 2.24. The van der Waals surface area contributed by atoms with E-state index in [1.165, 1.54) is 11.4 Å². The zero-order chi connectivity index (χ0) is 9.78. The topological polar surface area (TPSA) is 40.6 Å². The molecule has 0 aliphatic heterocycles. The third kappa shape index (κ3) is 2.77. The van der Waals surface area contributed by atoms with E-state index < -0.39 is 10.2 Å². The highest BCUT2D eigenvalue weighted by atomic mass is 35.7.